The Morgan fingerprint density at radius 1 is 1.53 bits per heavy atom. The van der Waals surface area contributed by atoms with E-state index >= 15 is 0 Å². The van der Waals surface area contributed by atoms with Crippen LogP contribution in [0.3, 0.4) is 0 Å². The lowest BCUT2D eigenvalue weighted by molar-refractivity contribution is 0.0267. The molecule has 3 heteroatoms. The summed E-state index contributed by atoms with van der Waals surface area (Å²) < 4.78 is 5.27. The average molecular weight is 209 g/mol. The van der Waals surface area contributed by atoms with Gasteiger partial charge in [0.1, 0.15) is 5.60 Å². The van der Waals surface area contributed by atoms with Crippen LogP contribution in [0, 0.1) is 18.3 Å². The fourth-order valence-corrected chi connectivity index (χ4v) is 1.25. The van der Waals surface area contributed by atoms with E-state index in [2.05, 4.69) is 5.92 Å². The molecule has 1 amide bonds. The van der Waals surface area contributed by atoms with E-state index in [4.69, 9.17) is 11.2 Å². The van der Waals surface area contributed by atoms with E-state index in [1.165, 1.54) is 12.8 Å². The van der Waals surface area contributed by atoms with E-state index in [1.54, 1.807) is 4.90 Å². The Kier molecular flexibility index (Phi) is 3.62. The predicted octanol–water partition coefficient (Wildman–Crippen LogP) is 2.27. The molecule has 1 rings (SSSR count). The van der Waals surface area contributed by atoms with Crippen LogP contribution in [0.4, 0.5) is 4.79 Å². The zero-order valence-electron chi connectivity index (χ0n) is 9.75. The molecule has 0 aliphatic heterocycles. The van der Waals surface area contributed by atoms with Gasteiger partial charge in [0.05, 0.1) is 6.54 Å². The Bertz CT molecular complexity index is 268. The van der Waals surface area contributed by atoms with Gasteiger partial charge in [-0.15, -0.1) is 6.42 Å². The van der Waals surface area contributed by atoms with Crippen molar-refractivity contribution < 1.29 is 9.53 Å². The second-order valence-corrected chi connectivity index (χ2v) is 5.01. The maximum Gasteiger partial charge on any atom is 0.411 e. The van der Waals surface area contributed by atoms with Crippen LogP contribution < -0.4 is 0 Å². The molecule has 1 aliphatic carbocycles. The monoisotopic (exact) mass is 209 g/mol. The van der Waals surface area contributed by atoms with Crippen LogP contribution in [0.2, 0.25) is 0 Å². The van der Waals surface area contributed by atoms with Crippen molar-refractivity contribution in [2.45, 2.75) is 39.2 Å². The van der Waals surface area contributed by atoms with Gasteiger partial charge in [0.2, 0.25) is 0 Å². The van der Waals surface area contributed by atoms with Crippen LogP contribution >= 0.6 is 0 Å². The van der Waals surface area contributed by atoms with Crippen molar-refractivity contribution in [3.8, 4) is 12.3 Å². The molecular weight excluding hydrogens is 190 g/mol. The third-order valence-electron chi connectivity index (χ3n) is 2.11. The van der Waals surface area contributed by atoms with Gasteiger partial charge in [0, 0.05) is 6.54 Å². The van der Waals surface area contributed by atoms with Crippen molar-refractivity contribution in [3.63, 3.8) is 0 Å². The van der Waals surface area contributed by atoms with E-state index in [0.717, 1.165) is 6.54 Å². The van der Waals surface area contributed by atoms with Crippen LogP contribution in [-0.2, 0) is 4.74 Å². The normalized spacial score (nSPS) is 15.6. The number of carbonyl (C=O) groups excluding carboxylic acids is 1. The molecule has 0 saturated heterocycles. The van der Waals surface area contributed by atoms with Gasteiger partial charge in [-0.1, -0.05) is 5.92 Å². The van der Waals surface area contributed by atoms with Crippen molar-refractivity contribution in [2.75, 3.05) is 13.1 Å². The number of nitrogens with zero attached hydrogens (tertiary/aromatic N) is 1. The van der Waals surface area contributed by atoms with Crippen molar-refractivity contribution in [3.05, 3.63) is 0 Å². The van der Waals surface area contributed by atoms with Crippen LogP contribution in [-0.4, -0.2) is 29.7 Å². The second-order valence-electron chi connectivity index (χ2n) is 5.01. The molecule has 0 heterocycles. The molecule has 0 N–H and O–H groups in total. The Labute approximate surface area is 91.8 Å². The molecule has 15 heavy (non-hydrogen) atoms. The fraction of sp³-hybridized carbons (Fsp3) is 0.750. The average Bonchev–Trinajstić information content (AvgIpc) is 2.84. The smallest absolute Gasteiger partial charge is 0.411 e. The highest BCUT2D eigenvalue weighted by atomic mass is 16.6. The first-order chi connectivity index (χ1) is 6.92. The third-order valence-corrected chi connectivity index (χ3v) is 2.11. The molecule has 0 aromatic rings. The molecule has 0 aromatic heterocycles. The topological polar surface area (TPSA) is 29.5 Å². The van der Waals surface area contributed by atoms with E-state index in [-0.39, 0.29) is 6.09 Å². The van der Waals surface area contributed by atoms with E-state index < -0.39 is 5.60 Å². The molecule has 1 aliphatic rings. The van der Waals surface area contributed by atoms with E-state index in [0.29, 0.717) is 12.5 Å². The first kappa shape index (κ1) is 11.9. The largest absolute Gasteiger partial charge is 0.444 e. The molecule has 0 bridgehead atoms. The molecule has 0 spiro atoms. The van der Waals surface area contributed by atoms with Crippen LogP contribution in [0.25, 0.3) is 0 Å². The van der Waals surface area contributed by atoms with Crippen LogP contribution in [0.1, 0.15) is 33.6 Å². The maximum absolute atomic E-state index is 11.7. The number of hydrogen-bond acceptors (Lipinski definition) is 2. The molecule has 1 saturated carbocycles. The number of hydrogen-bond donors (Lipinski definition) is 0. The quantitative estimate of drug-likeness (QED) is 0.667. The Hall–Kier alpha value is -1.17. The summed E-state index contributed by atoms with van der Waals surface area (Å²) in [6, 6.07) is 0. The van der Waals surface area contributed by atoms with Crippen molar-refractivity contribution in [2.24, 2.45) is 5.92 Å². The number of amides is 1. The summed E-state index contributed by atoms with van der Waals surface area (Å²) in [7, 11) is 0. The molecule has 1 fully saturated rings. The van der Waals surface area contributed by atoms with Gasteiger partial charge in [-0.3, -0.25) is 4.90 Å². The number of carbonyl (C=O) groups is 1. The number of rotatable bonds is 3. The summed E-state index contributed by atoms with van der Waals surface area (Å²) in [6.45, 7) is 6.65. The van der Waals surface area contributed by atoms with Crippen molar-refractivity contribution >= 4 is 6.09 Å². The first-order valence-corrected chi connectivity index (χ1v) is 5.34. The molecule has 0 unspecified atom stereocenters. The molecule has 0 radical (unpaired) electrons. The minimum absolute atomic E-state index is 0.299. The van der Waals surface area contributed by atoms with Gasteiger partial charge < -0.3 is 4.74 Å². The highest BCUT2D eigenvalue weighted by Crippen LogP contribution is 2.30. The van der Waals surface area contributed by atoms with Gasteiger partial charge in [-0.2, -0.15) is 0 Å². The van der Waals surface area contributed by atoms with Crippen LogP contribution in [0.15, 0.2) is 0 Å². The highest BCUT2D eigenvalue weighted by Gasteiger charge is 2.28. The lowest BCUT2D eigenvalue weighted by atomic mass is 10.2. The van der Waals surface area contributed by atoms with Gasteiger partial charge in [0.25, 0.3) is 0 Å². The SMILES string of the molecule is C#CCN(CC1CC1)C(=O)OC(C)(C)C. The minimum atomic E-state index is -0.451. The Morgan fingerprint density at radius 3 is 2.53 bits per heavy atom. The van der Waals surface area contributed by atoms with Crippen molar-refractivity contribution in [1.29, 1.82) is 0 Å². The van der Waals surface area contributed by atoms with Crippen molar-refractivity contribution in [1.82, 2.24) is 4.90 Å². The van der Waals surface area contributed by atoms with E-state index in [1.807, 2.05) is 20.8 Å². The summed E-state index contributed by atoms with van der Waals surface area (Å²) in [5.41, 5.74) is -0.451. The number of terminal acetylenes is 1. The third kappa shape index (κ3) is 4.73. The lowest BCUT2D eigenvalue weighted by Crippen LogP contribution is -2.38. The van der Waals surface area contributed by atoms with E-state index in [9.17, 15) is 4.79 Å². The van der Waals surface area contributed by atoms with Gasteiger partial charge in [-0.25, -0.2) is 4.79 Å². The molecule has 84 valence electrons. The van der Waals surface area contributed by atoms with Gasteiger partial charge in [-0.05, 0) is 39.5 Å². The Morgan fingerprint density at radius 2 is 2.13 bits per heavy atom. The lowest BCUT2D eigenvalue weighted by Gasteiger charge is -2.26. The fourth-order valence-electron chi connectivity index (χ4n) is 1.25. The minimum Gasteiger partial charge on any atom is -0.444 e. The summed E-state index contributed by atoms with van der Waals surface area (Å²) in [4.78, 5) is 13.3. The Balaban J connectivity index is 2.46. The maximum atomic E-state index is 11.7. The molecule has 0 atom stereocenters. The predicted molar refractivity (Wildman–Crippen MR) is 59.4 cm³/mol. The zero-order chi connectivity index (χ0) is 11.5. The summed E-state index contributed by atoms with van der Waals surface area (Å²) in [6.07, 6.45) is 7.33. The van der Waals surface area contributed by atoms with Gasteiger partial charge >= 0.3 is 6.09 Å². The van der Waals surface area contributed by atoms with Gasteiger partial charge in [0.15, 0.2) is 0 Å². The summed E-state index contributed by atoms with van der Waals surface area (Å²) >= 11 is 0. The van der Waals surface area contributed by atoms with Crippen LogP contribution in [0.5, 0.6) is 0 Å². The molecule has 0 aromatic carbocycles. The molecule has 3 nitrogen and oxygen atoms in total. The highest BCUT2D eigenvalue weighted by molar-refractivity contribution is 5.68. The molecular formula is C12H19NO2. The number of ether oxygens (including phenoxy) is 1. The first-order valence-electron chi connectivity index (χ1n) is 5.34. The summed E-state index contributed by atoms with van der Waals surface area (Å²) in [5, 5.41) is 0. The zero-order valence-corrected chi connectivity index (χ0v) is 9.75. The summed E-state index contributed by atoms with van der Waals surface area (Å²) in [5.74, 6) is 3.12. The standard InChI is InChI=1S/C12H19NO2/c1-5-8-13(9-10-6-7-10)11(14)15-12(2,3)4/h1,10H,6-9H2,2-4H3. The second kappa shape index (κ2) is 4.57.